The van der Waals surface area contributed by atoms with Gasteiger partial charge in [0.2, 0.25) is 0 Å². The van der Waals surface area contributed by atoms with Gasteiger partial charge in [0.05, 0.1) is 19.3 Å². The summed E-state index contributed by atoms with van der Waals surface area (Å²) in [4.78, 5) is 0. The quantitative estimate of drug-likeness (QED) is 0.572. The summed E-state index contributed by atoms with van der Waals surface area (Å²) in [7, 11) is 0. The van der Waals surface area contributed by atoms with Crippen LogP contribution in [0.4, 0.5) is 0 Å². The summed E-state index contributed by atoms with van der Waals surface area (Å²) < 4.78 is 7.16. The minimum absolute atomic E-state index is 0.169. The van der Waals surface area contributed by atoms with E-state index < -0.39 is 0 Å². The van der Waals surface area contributed by atoms with Gasteiger partial charge < -0.3 is 10.1 Å². The first kappa shape index (κ1) is 9.49. The van der Waals surface area contributed by atoms with E-state index in [9.17, 15) is 0 Å². The maximum absolute atomic E-state index is 5.39. The minimum Gasteiger partial charge on any atom is -0.378 e. The highest BCUT2D eigenvalue weighted by molar-refractivity contribution is 5.17. The number of morpholine rings is 1. The molecule has 1 unspecified atom stereocenters. The third-order valence-corrected chi connectivity index (χ3v) is 2.58. The Kier molecular flexibility index (Phi) is 2.39. The van der Waals surface area contributed by atoms with Crippen molar-refractivity contribution < 1.29 is 9.42 Å². The van der Waals surface area contributed by atoms with E-state index >= 15 is 0 Å². The topological polar surface area (TPSA) is 82.5 Å². The molecule has 0 amide bonds. The predicted molar refractivity (Wildman–Crippen MR) is 53.8 cm³/mol. The van der Waals surface area contributed by atoms with Crippen molar-refractivity contribution in [1.82, 2.24) is 25.8 Å². The lowest BCUT2D eigenvalue weighted by molar-refractivity contribution is -0.663. The first-order chi connectivity index (χ1) is 7.93. The number of nitrogens with zero attached hydrogens (tertiary/aromatic N) is 3. The highest BCUT2D eigenvalue weighted by Crippen LogP contribution is 2.13. The second-order valence-corrected chi connectivity index (χ2v) is 3.66. The molecule has 3 rings (SSSR count). The molecule has 0 spiro atoms. The Labute approximate surface area is 91.8 Å². The molecule has 84 valence electrons. The van der Waals surface area contributed by atoms with Crippen LogP contribution in [-0.2, 0) is 4.74 Å². The summed E-state index contributed by atoms with van der Waals surface area (Å²) in [5.74, 6) is 0.861. The van der Waals surface area contributed by atoms with Crippen molar-refractivity contribution in [3.8, 4) is 5.82 Å². The molecule has 0 radical (unpaired) electrons. The molecule has 7 heteroatoms. The van der Waals surface area contributed by atoms with Gasteiger partial charge in [-0.15, -0.1) is 15.0 Å². The van der Waals surface area contributed by atoms with Crippen molar-refractivity contribution in [3.63, 3.8) is 0 Å². The average Bonchev–Trinajstić information content (AvgIpc) is 3.01. The largest absolute Gasteiger partial charge is 0.378 e. The van der Waals surface area contributed by atoms with Gasteiger partial charge in [-0.25, -0.2) is 0 Å². The molecule has 1 aliphatic heterocycles. The van der Waals surface area contributed by atoms with Gasteiger partial charge in [0, 0.05) is 12.6 Å². The normalized spacial score (nSPS) is 21.1. The monoisotopic (exact) mass is 221 g/mol. The van der Waals surface area contributed by atoms with Gasteiger partial charge in [0.1, 0.15) is 11.9 Å². The first-order valence-corrected chi connectivity index (χ1v) is 5.21. The van der Waals surface area contributed by atoms with E-state index in [-0.39, 0.29) is 6.04 Å². The van der Waals surface area contributed by atoms with E-state index in [0.717, 1.165) is 24.7 Å². The molecular weight excluding hydrogens is 208 g/mol. The molecule has 3 N–H and O–H groups in total. The van der Waals surface area contributed by atoms with Crippen LogP contribution in [0.5, 0.6) is 0 Å². The van der Waals surface area contributed by atoms with E-state index in [1.807, 2.05) is 12.3 Å². The highest BCUT2D eigenvalue weighted by atomic mass is 16.5. The lowest BCUT2D eigenvalue weighted by Crippen LogP contribution is -2.35. The second-order valence-electron chi connectivity index (χ2n) is 3.66. The molecule has 1 aliphatic rings. The molecule has 1 saturated heterocycles. The van der Waals surface area contributed by atoms with Gasteiger partial charge >= 0.3 is 0 Å². The number of hydrogen-bond acceptors (Lipinski definition) is 4. The molecule has 0 aromatic carbocycles. The number of aromatic amines is 2. The number of H-pyrrole nitrogens is 2. The van der Waals surface area contributed by atoms with Crippen LogP contribution in [0.2, 0.25) is 0 Å². The number of aromatic nitrogens is 5. The molecule has 0 aliphatic carbocycles. The lowest BCUT2D eigenvalue weighted by atomic mass is 10.2. The number of nitrogens with one attached hydrogen (secondary N) is 3. The zero-order chi connectivity index (χ0) is 10.8. The summed E-state index contributed by atoms with van der Waals surface area (Å²) in [6.45, 7) is 2.30. The van der Waals surface area contributed by atoms with Crippen molar-refractivity contribution in [1.29, 1.82) is 0 Å². The molecule has 1 fully saturated rings. The van der Waals surface area contributed by atoms with Gasteiger partial charge in [0.15, 0.2) is 6.20 Å². The van der Waals surface area contributed by atoms with Gasteiger partial charge in [-0.3, -0.25) is 0 Å². The summed E-state index contributed by atoms with van der Waals surface area (Å²) in [6, 6.07) is 2.15. The Hall–Kier alpha value is -1.73. The van der Waals surface area contributed by atoms with Crippen LogP contribution in [0.15, 0.2) is 18.5 Å². The molecule has 0 bridgehead atoms. The van der Waals surface area contributed by atoms with Gasteiger partial charge in [-0.2, -0.15) is 5.10 Å². The second kappa shape index (κ2) is 4.03. The van der Waals surface area contributed by atoms with Crippen molar-refractivity contribution in [2.45, 2.75) is 6.04 Å². The molecule has 0 saturated carbocycles. The molecule has 3 heterocycles. The van der Waals surface area contributed by atoms with Crippen LogP contribution in [-0.4, -0.2) is 40.3 Å². The SMILES string of the molecule is c1c[n+](-c2cc(C3COCCN3)n[nH]2)[nH]n1. The Bertz CT molecular complexity index is 444. The van der Waals surface area contributed by atoms with Crippen LogP contribution in [0.25, 0.3) is 5.82 Å². The summed E-state index contributed by atoms with van der Waals surface area (Å²) in [5.41, 5.74) is 0.955. The maximum atomic E-state index is 5.39. The van der Waals surface area contributed by atoms with Crippen LogP contribution in [0, 0.1) is 0 Å². The predicted octanol–water partition coefficient (Wildman–Crippen LogP) is -0.930. The van der Waals surface area contributed by atoms with Crippen LogP contribution >= 0.6 is 0 Å². The number of ether oxygens (including phenoxy) is 1. The maximum Gasteiger partial charge on any atom is 0.268 e. The van der Waals surface area contributed by atoms with Crippen molar-refractivity contribution in [2.75, 3.05) is 19.8 Å². The van der Waals surface area contributed by atoms with Crippen LogP contribution in [0.1, 0.15) is 11.7 Å². The Balaban J connectivity index is 1.82. The lowest BCUT2D eigenvalue weighted by Gasteiger charge is -2.21. The Morgan fingerprint density at radius 2 is 2.50 bits per heavy atom. The zero-order valence-electron chi connectivity index (χ0n) is 8.68. The van der Waals surface area contributed by atoms with E-state index in [1.54, 1.807) is 10.9 Å². The molecule has 16 heavy (non-hydrogen) atoms. The molecular formula is C9H13N6O+. The summed E-state index contributed by atoms with van der Waals surface area (Å²) in [5, 5.41) is 17.2. The fourth-order valence-corrected chi connectivity index (χ4v) is 1.75. The van der Waals surface area contributed by atoms with E-state index in [2.05, 4.69) is 25.8 Å². The van der Waals surface area contributed by atoms with E-state index in [4.69, 9.17) is 4.74 Å². The average molecular weight is 221 g/mol. The molecule has 1 atom stereocenters. The molecule has 2 aromatic rings. The fourth-order valence-electron chi connectivity index (χ4n) is 1.75. The number of rotatable bonds is 2. The Morgan fingerprint density at radius 1 is 1.50 bits per heavy atom. The summed E-state index contributed by atoms with van der Waals surface area (Å²) in [6.07, 6.45) is 3.50. The van der Waals surface area contributed by atoms with Crippen LogP contribution < -0.4 is 10.00 Å². The van der Waals surface area contributed by atoms with Crippen molar-refractivity contribution in [2.24, 2.45) is 0 Å². The third kappa shape index (κ3) is 1.70. The van der Waals surface area contributed by atoms with E-state index in [1.165, 1.54) is 0 Å². The standard InChI is InChI=1S/C9H12N6O/c1-3-15(14-11-1)9-5-7(12-13-9)8-6-16-4-2-10-8/h1,3,5,8,10H,2,4,6H2,(H,12,13)/p+1. The fraction of sp³-hybridized carbons (Fsp3) is 0.444. The zero-order valence-corrected chi connectivity index (χ0v) is 8.68. The molecule has 2 aromatic heterocycles. The number of hydrogen-bond donors (Lipinski definition) is 3. The minimum atomic E-state index is 0.169. The smallest absolute Gasteiger partial charge is 0.268 e. The van der Waals surface area contributed by atoms with Crippen molar-refractivity contribution in [3.05, 3.63) is 24.2 Å². The first-order valence-electron chi connectivity index (χ1n) is 5.21. The summed E-state index contributed by atoms with van der Waals surface area (Å²) >= 11 is 0. The Morgan fingerprint density at radius 3 is 3.25 bits per heavy atom. The highest BCUT2D eigenvalue weighted by Gasteiger charge is 2.20. The van der Waals surface area contributed by atoms with Crippen molar-refractivity contribution >= 4 is 0 Å². The third-order valence-electron chi connectivity index (χ3n) is 2.58. The molecule has 7 nitrogen and oxygen atoms in total. The van der Waals surface area contributed by atoms with Gasteiger partial charge in [-0.1, -0.05) is 0 Å². The van der Waals surface area contributed by atoms with Gasteiger partial charge in [-0.05, 0) is 5.10 Å². The van der Waals surface area contributed by atoms with Gasteiger partial charge in [0.25, 0.3) is 5.82 Å². The van der Waals surface area contributed by atoms with E-state index in [0.29, 0.717) is 6.61 Å². The van der Waals surface area contributed by atoms with Crippen LogP contribution in [0.3, 0.4) is 0 Å².